The average molecular weight is 303 g/mol. The molecule has 6 heteroatoms. The van der Waals surface area contributed by atoms with Gasteiger partial charge in [-0.25, -0.2) is 4.39 Å². The second-order valence-electron chi connectivity index (χ2n) is 5.31. The maximum absolute atomic E-state index is 13.9. The van der Waals surface area contributed by atoms with Gasteiger partial charge in [0.15, 0.2) is 0 Å². The third-order valence-corrected chi connectivity index (χ3v) is 3.75. The van der Waals surface area contributed by atoms with Crippen molar-refractivity contribution in [3.63, 3.8) is 0 Å². The molecule has 0 bridgehead atoms. The molecule has 1 aromatic rings. The van der Waals surface area contributed by atoms with E-state index in [1.165, 1.54) is 19.2 Å². The number of amides is 1. The molecular weight excluding hydrogens is 283 g/mol. The molecule has 2 rings (SSSR count). The second-order valence-corrected chi connectivity index (χ2v) is 5.31. The smallest absolute Gasteiger partial charge is 0.260 e. The first-order valence-corrected chi connectivity index (χ1v) is 6.32. The molecule has 1 unspecified atom stereocenters. The van der Waals surface area contributed by atoms with E-state index in [0.29, 0.717) is 19.6 Å². The molecule has 1 aliphatic heterocycles. The Balaban J connectivity index is 0.00000200. The highest BCUT2D eigenvalue weighted by Crippen LogP contribution is 2.31. The molecule has 112 valence electrons. The number of likely N-dealkylation sites (tertiary alicyclic amines) is 1. The third-order valence-electron chi connectivity index (χ3n) is 3.75. The van der Waals surface area contributed by atoms with Crippen LogP contribution < -0.4 is 10.5 Å². The molecule has 2 N–H and O–H groups in total. The van der Waals surface area contributed by atoms with E-state index in [1.807, 2.05) is 6.92 Å². The number of benzene rings is 1. The first-order valence-electron chi connectivity index (χ1n) is 6.32. The molecule has 0 saturated carbocycles. The van der Waals surface area contributed by atoms with Crippen LogP contribution in [0.5, 0.6) is 5.75 Å². The van der Waals surface area contributed by atoms with Crippen molar-refractivity contribution < 1.29 is 13.9 Å². The summed E-state index contributed by atoms with van der Waals surface area (Å²) in [6, 6.07) is 4.39. The minimum absolute atomic E-state index is 0. The maximum atomic E-state index is 13.9. The monoisotopic (exact) mass is 302 g/mol. The summed E-state index contributed by atoms with van der Waals surface area (Å²) in [4.78, 5) is 14.1. The molecule has 0 aliphatic carbocycles. The van der Waals surface area contributed by atoms with Gasteiger partial charge in [0.1, 0.15) is 17.1 Å². The zero-order chi connectivity index (χ0) is 14.0. The van der Waals surface area contributed by atoms with Gasteiger partial charge in [-0.05, 0) is 30.5 Å². The Morgan fingerprint density at radius 2 is 2.25 bits per heavy atom. The number of hydrogen-bond donors (Lipinski definition) is 1. The predicted molar refractivity (Wildman–Crippen MR) is 77.9 cm³/mol. The summed E-state index contributed by atoms with van der Waals surface area (Å²) < 4.78 is 18.9. The van der Waals surface area contributed by atoms with Gasteiger partial charge in [-0.1, -0.05) is 13.0 Å². The molecule has 1 heterocycles. The highest BCUT2D eigenvalue weighted by molar-refractivity contribution is 5.97. The number of halogens is 2. The number of carbonyl (C=O) groups is 1. The minimum atomic E-state index is -0.550. The molecule has 20 heavy (non-hydrogen) atoms. The molecule has 0 radical (unpaired) electrons. The van der Waals surface area contributed by atoms with Crippen molar-refractivity contribution in [3.8, 4) is 5.75 Å². The van der Waals surface area contributed by atoms with E-state index in [0.717, 1.165) is 6.42 Å². The fraction of sp³-hybridized carbons (Fsp3) is 0.500. The largest absolute Gasteiger partial charge is 0.496 e. The van der Waals surface area contributed by atoms with Crippen LogP contribution in [0.2, 0.25) is 0 Å². The molecule has 4 nitrogen and oxygen atoms in total. The van der Waals surface area contributed by atoms with E-state index in [2.05, 4.69) is 0 Å². The van der Waals surface area contributed by atoms with Crippen LogP contribution in [0.15, 0.2) is 18.2 Å². The molecule has 0 spiro atoms. The van der Waals surface area contributed by atoms with Gasteiger partial charge in [0.05, 0.1) is 7.11 Å². The number of carbonyl (C=O) groups excluding carboxylic acids is 1. The van der Waals surface area contributed by atoms with Crippen LogP contribution in [-0.4, -0.2) is 37.6 Å². The normalized spacial score (nSPS) is 21.5. The zero-order valence-corrected chi connectivity index (χ0v) is 12.5. The lowest BCUT2D eigenvalue weighted by Crippen LogP contribution is -2.35. The van der Waals surface area contributed by atoms with Crippen LogP contribution in [0.4, 0.5) is 4.39 Å². The van der Waals surface area contributed by atoms with Crippen LogP contribution in [-0.2, 0) is 0 Å². The van der Waals surface area contributed by atoms with E-state index < -0.39 is 5.82 Å². The Morgan fingerprint density at radius 1 is 1.55 bits per heavy atom. The van der Waals surface area contributed by atoms with E-state index >= 15 is 0 Å². The van der Waals surface area contributed by atoms with Crippen molar-refractivity contribution in [2.45, 2.75) is 13.3 Å². The van der Waals surface area contributed by atoms with Crippen LogP contribution in [0.25, 0.3) is 0 Å². The first-order chi connectivity index (χ1) is 9.00. The number of nitrogens with zero attached hydrogens (tertiary/aromatic N) is 1. The molecule has 0 aromatic heterocycles. The SMILES string of the molecule is COc1cccc(F)c1C(=O)N1CCC(C)(CN)C1.Cl. The lowest BCUT2D eigenvalue weighted by molar-refractivity contribution is 0.0768. The Kier molecular flexibility index (Phi) is 5.36. The zero-order valence-electron chi connectivity index (χ0n) is 11.7. The van der Waals surface area contributed by atoms with Gasteiger partial charge in [-0.2, -0.15) is 0 Å². The summed E-state index contributed by atoms with van der Waals surface area (Å²) in [5.41, 5.74) is 5.65. The van der Waals surface area contributed by atoms with Gasteiger partial charge in [0.2, 0.25) is 0 Å². The van der Waals surface area contributed by atoms with Crippen molar-refractivity contribution in [3.05, 3.63) is 29.6 Å². The minimum Gasteiger partial charge on any atom is -0.496 e. The molecule has 1 aliphatic rings. The number of rotatable bonds is 3. The van der Waals surface area contributed by atoms with Crippen LogP contribution in [0.1, 0.15) is 23.7 Å². The van der Waals surface area contributed by atoms with Gasteiger partial charge in [-0.15, -0.1) is 12.4 Å². The topological polar surface area (TPSA) is 55.6 Å². The first kappa shape index (κ1) is 16.7. The lowest BCUT2D eigenvalue weighted by Gasteiger charge is -2.23. The van der Waals surface area contributed by atoms with Crippen molar-refractivity contribution >= 4 is 18.3 Å². The quantitative estimate of drug-likeness (QED) is 0.930. The van der Waals surface area contributed by atoms with Crippen LogP contribution >= 0.6 is 12.4 Å². The van der Waals surface area contributed by atoms with Crippen LogP contribution in [0.3, 0.4) is 0 Å². The van der Waals surface area contributed by atoms with Crippen molar-refractivity contribution in [1.82, 2.24) is 4.90 Å². The van der Waals surface area contributed by atoms with Gasteiger partial charge < -0.3 is 15.4 Å². The molecule has 1 atom stereocenters. The fourth-order valence-electron chi connectivity index (χ4n) is 2.40. The Labute approximate surface area is 124 Å². The van der Waals surface area contributed by atoms with Gasteiger partial charge in [-0.3, -0.25) is 4.79 Å². The van der Waals surface area contributed by atoms with E-state index in [9.17, 15) is 9.18 Å². The summed E-state index contributed by atoms with van der Waals surface area (Å²) in [6.45, 7) is 3.72. The summed E-state index contributed by atoms with van der Waals surface area (Å²) >= 11 is 0. The van der Waals surface area contributed by atoms with Crippen molar-refractivity contribution in [2.24, 2.45) is 11.1 Å². The molecular formula is C14H20ClFN2O2. The van der Waals surface area contributed by atoms with Gasteiger partial charge >= 0.3 is 0 Å². The number of methoxy groups -OCH3 is 1. The lowest BCUT2D eigenvalue weighted by atomic mass is 9.90. The third kappa shape index (κ3) is 3.04. The Hall–Kier alpha value is -1.33. The summed E-state index contributed by atoms with van der Waals surface area (Å²) in [5, 5.41) is 0. The highest BCUT2D eigenvalue weighted by Gasteiger charge is 2.36. The highest BCUT2D eigenvalue weighted by atomic mass is 35.5. The molecule has 1 amide bonds. The standard InChI is InChI=1S/C14H19FN2O2.ClH/c1-14(8-16)6-7-17(9-14)13(18)12-10(15)4-3-5-11(12)19-2;/h3-5H,6-9,16H2,1-2H3;1H. The predicted octanol–water partition coefficient (Wildman–Crippen LogP) is 2.07. The Bertz CT molecular complexity index is 498. The number of ether oxygens (including phenoxy) is 1. The summed E-state index contributed by atoms with van der Waals surface area (Å²) in [7, 11) is 1.43. The molecule has 1 fully saturated rings. The summed E-state index contributed by atoms with van der Waals surface area (Å²) in [6.07, 6.45) is 0.839. The van der Waals surface area contributed by atoms with Gasteiger partial charge in [0.25, 0.3) is 5.91 Å². The van der Waals surface area contributed by atoms with E-state index in [4.69, 9.17) is 10.5 Å². The summed E-state index contributed by atoms with van der Waals surface area (Å²) in [5.74, 6) is -0.607. The van der Waals surface area contributed by atoms with Crippen molar-refractivity contribution in [1.29, 1.82) is 0 Å². The molecule has 1 saturated heterocycles. The number of hydrogen-bond acceptors (Lipinski definition) is 3. The average Bonchev–Trinajstić information content (AvgIpc) is 2.81. The van der Waals surface area contributed by atoms with Gasteiger partial charge in [0, 0.05) is 13.1 Å². The fourth-order valence-corrected chi connectivity index (χ4v) is 2.40. The van der Waals surface area contributed by atoms with E-state index in [1.54, 1.807) is 11.0 Å². The van der Waals surface area contributed by atoms with Crippen LogP contribution in [0, 0.1) is 11.2 Å². The Morgan fingerprint density at radius 3 is 2.80 bits per heavy atom. The van der Waals surface area contributed by atoms with E-state index in [-0.39, 0.29) is 35.0 Å². The number of nitrogens with two attached hydrogens (primary N) is 1. The van der Waals surface area contributed by atoms with Crippen molar-refractivity contribution in [2.75, 3.05) is 26.7 Å². The maximum Gasteiger partial charge on any atom is 0.260 e. The molecule has 1 aromatic carbocycles. The second kappa shape index (κ2) is 6.41.